The minimum Gasteiger partial charge on any atom is -0.353 e. The third-order valence-corrected chi connectivity index (χ3v) is 6.28. The lowest BCUT2D eigenvalue weighted by Gasteiger charge is -2.10. The van der Waals surface area contributed by atoms with Crippen LogP contribution in [0.2, 0.25) is 0 Å². The molecule has 3 rings (SSSR count). The van der Waals surface area contributed by atoms with Gasteiger partial charge in [-0.25, -0.2) is 0 Å². The number of carbonyl (C=O) groups is 2. The van der Waals surface area contributed by atoms with Gasteiger partial charge in [0.15, 0.2) is 0 Å². The van der Waals surface area contributed by atoms with Crippen molar-refractivity contribution in [2.24, 2.45) is 0 Å². The fraction of sp³-hybridized carbons (Fsp3) is 0.444. The molecular formula is C18H22N4O2S2. The molecule has 0 spiro atoms. The first-order valence-corrected chi connectivity index (χ1v) is 10.7. The number of nitrogens with zero attached hydrogens (tertiary/aromatic N) is 2. The van der Waals surface area contributed by atoms with E-state index < -0.39 is 0 Å². The maximum absolute atomic E-state index is 12.3. The maximum Gasteiger partial charge on any atom is 0.286 e. The Morgan fingerprint density at radius 1 is 1.23 bits per heavy atom. The fourth-order valence-corrected chi connectivity index (χ4v) is 4.48. The predicted molar refractivity (Wildman–Crippen MR) is 106 cm³/mol. The van der Waals surface area contributed by atoms with Gasteiger partial charge in [-0.2, -0.15) is 0 Å². The number of thioether (sulfide) groups is 1. The molecule has 0 saturated heterocycles. The van der Waals surface area contributed by atoms with Crippen molar-refractivity contribution in [2.45, 2.75) is 44.4 Å². The average Bonchev–Trinajstić information content (AvgIpc) is 3.29. The third-order valence-electron chi connectivity index (χ3n) is 4.23. The first kappa shape index (κ1) is 18.8. The van der Waals surface area contributed by atoms with Crippen molar-refractivity contribution in [1.82, 2.24) is 15.5 Å². The van der Waals surface area contributed by atoms with Gasteiger partial charge in [0.25, 0.3) is 5.91 Å². The molecule has 1 aromatic heterocycles. The molecule has 1 aliphatic rings. The van der Waals surface area contributed by atoms with Gasteiger partial charge < -0.3 is 10.6 Å². The number of amides is 2. The average molecular weight is 391 g/mol. The SMILES string of the molecule is Cc1ccccc1NC(=O)c1nnc(CSCC(=O)NC2CCCC2)s1. The molecule has 0 unspecified atom stereocenters. The molecule has 6 nitrogen and oxygen atoms in total. The van der Waals surface area contributed by atoms with Crippen molar-refractivity contribution in [3.05, 3.63) is 39.8 Å². The molecule has 2 aromatic rings. The Morgan fingerprint density at radius 2 is 2.00 bits per heavy atom. The molecule has 1 heterocycles. The van der Waals surface area contributed by atoms with Gasteiger partial charge in [0, 0.05) is 17.5 Å². The quantitative estimate of drug-likeness (QED) is 0.757. The van der Waals surface area contributed by atoms with Gasteiger partial charge in [0.1, 0.15) is 5.01 Å². The highest BCUT2D eigenvalue weighted by Crippen LogP contribution is 2.20. The van der Waals surface area contributed by atoms with E-state index in [1.54, 1.807) is 0 Å². The Kier molecular flexibility index (Phi) is 6.62. The van der Waals surface area contributed by atoms with Crippen LogP contribution in [0.3, 0.4) is 0 Å². The second-order valence-electron chi connectivity index (χ2n) is 6.31. The van der Waals surface area contributed by atoms with Crippen LogP contribution < -0.4 is 10.6 Å². The van der Waals surface area contributed by atoms with Crippen LogP contribution in [0.5, 0.6) is 0 Å². The van der Waals surface area contributed by atoms with E-state index in [2.05, 4.69) is 20.8 Å². The van der Waals surface area contributed by atoms with Gasteiger partial charge in [-0.15, -0.1) is 22.0 Å². The molecule has 0 atom stereocenters. The van der Waals surface area contributed by atoms with Crippen molar-refractivity contribution >= 4 is 40.6 Å². The highest BCUT2D eigenvalue weighted by molar-refractivity contribution is 7.99. The monoisotopic (exact) mass is 390 g/mol. The lowest BCUT2D eigenvalue weighted by molar-refractivity contribution is -0.119. The molecule has 0 aliphatic heterocycles. The lowest BCUT2D eigenvalue weighted by Crippen LogP contribution is -2.33. The summed E-state index contributed by atoms with van der Waals surface area (Å²) in [6, 6.07) is 7.94. The van der Waals surface area contributed by atoms with Gasteiger partial charge in [-0.1, -0.05) is 42.4 Å². The van der Waals surface area contributed by atoms with Crippen molar-refractivity contribution in [3.8, 4) is 0 Å². The van der Waals surface area contributed by atoms with Gasteiger partial charge in [0.2, 0.25) is 10.9 Å². The van der Waals surface area contributed by atoms with Gasteiger partial charge in [-0.05, 0) is 31.4 Å². The predicted octanol–water partition coefficient (Wildman–Crippen LogP) is 3.39. The number of aromatic nitrogens is 2. The molecule has 26 heavy (non-hydrogen) atoms. The van der Waals surface area contributed by atoms with E-state index in [1.807, 2.05) is 31.2 Å². The Labute approximate surface area is 161 Å². The van der Waals surface area contributed by atoms with E-state index in [1.165, 1.54) is 35.9 Å². The molecule has 2 N–H and O–H groups in total. The highest BCUT2D eigenvalue weighted by atomic mass is 32.2. The number of rotatable bonds is 7. The summed E-state index contributed by atoms with van der Waals surface area (Å²) >= 11 is 2.76. The van der Waals surface area contributed by atoms with Gasteiger partial charge in [0.05, 0.1) is 5.75 Å². The molecule has 0 radical (unpaired) electrons. The molecule has 2 amide bonds. The molecule has 1 aromatic carbocycles. The van der Waals surface area contributed by atoms with E-state index in [-0.39, 0.29) is 11.8 Å². The van der Waals surface area contributed by atoms with Crippen LogP contribution in [0.1, 0.15) is 46.1 Å². The lowest BCUT2D eigenvalue weighted by atomic mass is 10.2. The van der Waals surface area contributed by atoms with Crippen LogP contribution in [0.4, 0.5) is 5.69 Å². The largest absolute Gasteiger partial charge is 0.353 e. The Balaban J connectivity index is 1.44. The number of hydrogen-bond acceptors (Lipinski definition) is 6. The van der Waals surface area contributed by atoms with E-state index in [4.69, 9.17) is 0 Å². The summed E-state index contributed by atoms with van der Waals surface area (Å²) < 4.78 is 0. The standard InChI is InChI=1S/C18H22N4O2S2/c1-12-6-2-5-9-14(12)20-17(24)18-22-21-16(26-18)11-25-10-15(23)19-13-7-3-4-8-13/h2,5-6,9,13H,3-4,7-8,10-11H2,1H3,(H,19,23)(H,20,24). The van der Waals surface area contributed by atoms with Crippen LogP contribution in [0, 0.1) is 6.92 Å². The summed E-state index contributed by atoms with van der Waals surface area (Å²) in [5.41, 5.74) is 1.77. The molecule has 1 aliphatic carbocycles. The van der Waals surface area contributed by atoms with Crippen LogP contribution in [-0.4, -0.2) is 33.8 Å². The fourth-order valence-electron chi connectivity index (χ4n) is 2.86. The molecule has 0 bridgehead atoms. The third kappa shape index (κ3) is 5.28. The van der Waals surface area contributed by atoms with Crippen molar-refractivity contribution in [1.29, 1.82) is 0 Å². The first-order valence-electron chi connectivity index (χ1n) is 8.68. The Morgan fingerprint density at radius 3 is 2.77 bits per heavy atom. The van der Waals surface area contributed by atoms with Crippen molar-refractivity contribution in [3.63, 3.8) is 0 Å². The maximum atomic E-state index is 12.3. The molecule has 1 saturated carbocycles. The van der Waals surface area contributed by atoms with Crippen LogP contribution >= 0.6 is 23.1 Å². The molecule has 1 fully saturated rings. The van der Waals surface area contributed by atoms with Crippen LogP contribution in [-0.2, 0) is 10.5 Å². The number of hydrogen-bond donors (Lipinski definition) is 2. The molecule has 8 heteroatoms. The number of para-hydroxylation sites is 1. The van der Waals surface area contributed by atoms with Gasteiger partial charge >= 0.3 is 0 Å². The van der Waals surface area contributed by atoms with Crippen LogP contribution in [0.25, 0.3) is 0 Å². The topological polar surface area (TPSA) is 84.0 Å². The van der Waals surface area contributed by atoms with Crippen molar-refractivity contribution in [2.75, 3.05) is 11.1 Å². The van der Waals surface area contributed by atoms with Crippen molar-refractivity contribution < 1.29 is 9.59 Å². The number of aryl methyl sites for hydroxylation is 1. The normalized spacial score (nSPS) is 14.3. The second-order valence-corrected chi connectivity index (χ2v) is 8.36. The zero-order chi connectivity index (χ0) is 18.4. The number of benzene rings is 1. The van der Waals surface area contributed by atoms with E-state index >= 15 is 0 Å². The van der Waals surface area contributed by atoms with E-state index in [0.29, 0.717) is 22.6 Å². The van der Waals surface area contributed by atoms with E-state index in [9.17, 15) is 9.59 Å². The highest BCUT2D eigenvalue weighted by Gasteiger charge is 2.17. The second kappa shape index (κ2) is 9.14. The Hall–Kier alpha value is -1.93. The zero-order valence-corrected chi connectivity index (χ0v) is 16.3. The number of anilines is 1. The van der Waals surface area contributed by atoms with Gasteiger partial charge in [-0.3, -0.25) is 9.59 Å². The summed E-state index contributed by atoms with van der Waals surface area (Å²) in [4.78, 5) is 24.2. The number of carbonyl (C=O) groups excluding carboxylic acids is 2. The summed E-state index contributed by atoms with van der Waals surface area (Å²) in [6.07, 6.45) is 4.59. The molecule has 138 valence electrons. The van der Waals surface area contributed by atoms with E-state index in [0.717, 1.165) is 29.1 Å². The number of nitrogens with one attached hydrogen (secondary N) is 2. The first-order chi connectivity index (χ1) is 12.6. The summed E-state index contributed by atoms with van der Waals surface area (Å²) in [5, 5.41) is 15.0. The zero-order valence-electron chi connectivity index (χ0n) is 14.7. The minimum atomic E-state index is -0.257. The Bertz CT molecular complexity index is 772. The van der Waals surface area contributed by atoms with Crippen LogP contribution in [0.15, 0.2) is 24.3 Å². The minimum absolute atomic E-state index is 0.0731. The summed E-state index contributed by atoms with van der Waals surface area (Å²) in [5.74, 6) is 0.796. The molecular weight excluding hydrogens is 368 g/mol. The summed E-state index contributed by atoms with van der Waals surface area (Å²) in [6.45, 7) is 1.94. The summed E-state index contributed by atoms with van der Waals surface area (Å²) in [7, 11) is 0. The smallest absolute Gasteiger partial charge is 0.286 e.